The predicted molar refractivity (Wildman–Crippen MR) is 58.8 cm³/mol. The van der Waals surface area contributed by atoms with E-state index >= 15 is 0 Å². The van der Waals surface area contributed by atoms with E-state index in [2.05, 4.69) is 4.84 Å². The van der Waals surface area contributed by atoms with Crippen molar-refractivity contribution in [1.82, 2.24) is 9.55 Å². The van der Waals surface area contributed by atoms with Gasteiger partial charge in [0.15, 0.2) is 0 Å². The van der Waals surface area contributed by atoms with Gasteiger partial charge in [0.2, 0.25) is 5.82 Å². The molecular weight excluding hydrogens is 281 g/mol. The van der Waals surface area contributed by atoms with E-state index in [9.17, 15) is 24.1 Å². The molecule has 110 valence electrons. The van der Waals surface area contributed by atoms with Crippen LogP contribution in [0.2, 0.25) is 0 Å². The molecule has 11 heteroatoms. The summed E-state index contributed by atoms with van der Waals surface area (Å²) in [5, 5.41) is 18.3. The number of ether oxygens (including phenoxy) is 1. The monoisotopic (exact) mass is 291 g/mol. The van der Waals surface area contributed by atoms with E-state index in [0.717, 1.165) is 4.57 Å². The molecule has 2 N–H and O–H groups in total. The van der Waals surface area contributed by atoms with Crippen LogP contribution < -0.4 is 11.2 Å². The van der Waals surface area contributed by atoms with Crippen LogP contribution in [0.5, 0.6) is 0 Å². The molecular formula is C9H10FN3O7. The molecule has 2 rings (SSSR count). The first-order valence-corrected chi connectivity index (χ1v) is 5.51. The molecule has 0 saturated carbocycles. The highest BCUT2D eigenvalue weighted by molar-refractivity contribution is 4.91. The lowest BCUT2D eigenvalue weighted by atomic mass is 10.2. The predicted octanol–water partition coefficient (Wildman–Crippen LogP) is -1.47. The van der Waals surface area contributed by atoms with Gasteiger partial charge in [0.05, 0.1) is 12.8 Å². The molecule has 0 amide bonds. The van der Waals surface area contributed by atoms with Gasteiger partial charge in [-0.25, -0.2) is 4.79 Å². The van der Waals surface area contributed by atoms with Crippen molar-refractivity contribution in [2.45, 2.75) is 24.9 Å². The summed E-state index contributed by atoms with van der Waals surface area (Å²) in [7, 11) is 0. The fourth-order valence-corrected chi connectivity index (χ4v) is 1.93. The Morgan fingerprint density at radius 3 is 2.95 bits per heavy atom. The van der Waals surface area contributed by atoms with Crippen LogP contribution in [0.25, 0.3) is 0 Å². The molecule has 0 bridgehead atoms. The largest absolute Gasteiger partial charge is 0.394 e. The topological polar surface area (TPSA) is 137 Å². The van der Waals surface area contributed by atoms with Crippen LogP contribution in [-0.2, 0) is 9.57 Å². The standard InChI is InChI=1S/C9H10FN3O7/c10-4-2-12(9(16)11-8(4)15)7-1-5(20-13(17)18)6(3-14)19-7/h2,5-7,14H,1,3H2,(H,11,15,16)/t5-,6+,7+/m0/s1. The lowest BCUT2D eigenvalue weighted by Gasteiger charge is -2.14. The number of aliphatic hydroxyl groups is 1. The van der Waals surface area contributed by atoms with Gasteiger partial charge < -0.3 is 14.7 Å². The van der Waals surface area contributed by atoms with Gasteiger partial charge >= 0.3 is 5.69 Å². The van der Waals surface area contributed by atoms with Crippen molar-refractivity contribution < 1.29 is 24.2 Å². The van der Waals surface area contributed by atoms with Crippen LogP contribution in [0.15, 0.2) is 15.8 Å². The first-order chi connectivity index (χ1) is 9.42. The third kappa shape index (κ3) is 2.67. The highest BCUT2D eigenvalue weighted by Crippen LogP contribution is 2.29. The Morgan fingerprint density at radius 2 is 2.35 bits per heavy atom. The van der Waals surface area contributed by atoms with Gasteiger partial charge in [-0.1, -0.05) is 0 Å². The molecule has 1 aliphatic heterocycles. The molecule has 1 aromatic heterocycles. The van der Waals surface area contributed by atoms with E-state index in [1.54, 1.807) is 4.98 Å². The van der Waals surface area contributed by atoms with Crippen molar-refractivity contribution in [1.29, 1.82) is 0 Å². The number of aromatic amines is 1. The maximum atomic E-state index is 13.2. The van der Waals surface area contributed by atoms with Crippen molar-refractivity contribution in [3.63, 3.8) is 0 Å². The SMILES string of the molecule is O=c1[nH]c(=O)n([C@H]2C[C@H](O[N+](=O)[O-])[C@@H](CO)O2)cc1F. The summed E-state index contributed by atoms with van der Waals surface area (Å²) in [6.45, 7) is -0.574. The summed E-state index contributed by atoms with van der Waals surface area (Å²) in [6, 6.07) is 0. The average molecular weight is 291 g/mol. The minimum atomic E-state index is -1.20. The third-order valence-corrected chi connectivity index (χ3v) is 2.82. The lowest BCUT2D eigenvalue weighted by molar-refractivity contribution is -0.769. The molecule has 10 nitrogen and oxygen atoms in total. The van der Waals surface area contributed by atoms with E-state index in [1.807, 2.05) is 0 Å². The second-order valence-corrected chi connectivity index (χ2v) is 4.06. The fraction of sp³-hybridized carbons (Fsp3) is 0.556. The first kappa shape index (κ1) is 14.1. The van der Waals surface area contributed by atoms with E-state index in [1.165, 1.54) is 0 Å². The van der Waals surface area contributed by atoms with E-state index in [0.29, 0.717) is 6.20 Å². The van der Waals surface area contributed by atoms with E-state index < -0.39 is 47.2 Å². The van der Waals surface area contributed by atoms with Gasteiger partial charge in [-0.2, -0.15) is 4.39 Å². The summed E-state index contributed by atoms with van der Waals surface area (Å²) in [5.74, 6) is -1.20. The molecule has 0 radical (unpaired) electrons. The van der Waals surface area contributed by atoms with Crippen molar-refractivity contribution >= 4 is 0 Å². The maximum Gasteiger partial charge on any atom is 0.330 e. The summed E-state index contributed by atoms with van der Waals surface area (Å²) in [6.07, 6.45) is -2.74. The van der Waals surface area contributed by atoms with Gasteiger partial charge in [-0.05, 0) is 0 Å². The fourth-order valence-electron chi connectivity index (χ4n) is 1.93. The van der Waals surface area contributed by atoms with Crippen LogP contribution in [0.1, 0.15) is 12.6 Å². The molecule has 20 heavy (non-hydrogen) atoms. The van der Waals surface area contributed by atoms with Crippen LogP contribution in [0, 0.1) is 15.9 Å². The number of hydrogen-bond donors (Lipinski definition) is 2. The first-order valence-electron chi connectivity index (χ1n) is 5.51. The molecule has 1 saturated heterocycles. The second-order valence-electron chi connectivity index (χ2n) is 4.06. The molecule has 0 aliphatic carbocycles. The number of rotatable bonds is 4. The van der Waals surface area contributed by atoms with Crippen molar-refractivity contribution in [2.24, 2.45) is 0 Å². The molecule has 0 spiro atoms. The third-order valence-electron chi connectivity index (χ3n) is 2.82. The van der Waals surface area contributed by atoms with Crippen molar-refractivity contribution in [2.75, 3.05) is 6.61 Å². The number of nitrogens with zero attached hydrogens (tertiary/aromatic N) is 2. The molecule has 0 aromatic carbocycles. The van der Waals surface area contributed by atoms with Crippen molar-refractivity contribution in [3.8, 4) is 0 Å². The Kier molecular flexibility index (Phi) is 3.81. The normalized spacial score (nSPS) is 25.6. The zero-order chi connectivity index (χ0) is 14.9. The number of aliphatic hydroxyl groups excluding tert-OH is 1. The van der Waals surface area contributed by atoms with Crippen LogP contribution in [0.4, 0.5) is 4.39 Å². The minimum Gasteiger partial charge on any atom is -0.394 e. The van der Waals surface area contributed by atoms with Gasteiger partial charge in [0, 0.05) is 6.42 Å². The second kappa shape index (κ2) is 5.38. The van der Waals surface area contributed by atoms with Gasteiger partial charge in [0.25, 0.3) is 10.6 Å². The summed E-state index contributed by atoms with van der Waals surface area (Å²) < 4.78 is 19.1. The lowest BCUT2D eigenvalue weighted by Crippen LogP contribution is -2.34. The minimum absolute atomic E-state index is 0.155. The Hall–Kier alpha value is -2.27. The molecule has 3 atom stereocenters. The Labute approximate surface area is 109 Å². The van der Waals surface area contributed by atoms with Crippen LogP contribution in [-0.4, -0.2) is 38.6 Å². The quantitative estimate of drug-likeness (QED) is 0.510. The zero-order valence-electron chi connectivity index (χ0n) is 9.89. The molecule has 0 unspecified atom stereocenters. The van der Waals surface area contributed by atoms with E-state index in [-0.39, 0.29) is 6.42 Å². The Morgan fingerprint density at radius 1 is 1.65 bits per heavy atom. The van der Waals surface area contributed by atoms with E-state index in [4.69, 9.17) is 9.84 Å². The summed E-state index contributed by atoms with van der Waals surface area (Å²) in [5.41, 5.74) is -2.11. The molecule has 2 heterocycles. The zero-order valence-corrected chi connectivity index (χ0v) is 9.89. The summed E-state index contributed by atoms with van der Waals surface area (Å²) >= 11 is 0. The van der Waals surface area contributed by atoms with Gasteiger partial charge in [-0.3, -0.25) is 14.3 Å². The molecule has 1 fully saturated rings. The highest BCUT2D eigenvalue weighted by Gasteiger charge is 2.39. The number of aromatic nitrogens is 2. The molecule has 1 aliphatic rings. The average Bonchev–Trinajstić information content (AvgIpc) is 2.75. The smallest absolute Gasteiger partial charge is 0.330 e. The molecule has 1 aromatic rings. The number of nitrogens with one attached hydrogen (secondary N) is 1. The number of halogens is 1. The van der Waals surface area contributed by atoms with Crippen molar-refractivity contribution in [3.05, 3.63) is 43.0 Å². The summed E-state index contributed by atoms with van der Waals surface area (Å²) in [4.78, 5) is 38.8. The Bertz CT molecular complexity index is 627. The van der Waals surface area contributed by atoms with Crippen LogP contribution in [0.3, 0.4) is 0 Å². The number of hydrogen-bond acceptors (Lipinski definition) is 7. The highest BCUT2D eigenvalue weighted by atomic mass is 19.1. The van der Waals surface area contributed by atoms with Crippen LogP contribution >= 0.6 is 0 Å². The number of H-pyrrole nitrogens is 1. The maximum absolute atomic E-state index is 13.2. The van der Waals surface area contributed by atoms with Gasteiger partial charge in [0.1, 0.15) is 18.4 Å². The Balaban J connectivity index is 2.27. The van der Waals surface area contributed by atoms with Gasteiger partial charge in [-0.15, -0.1) is 10.1 Å².